The van der Waals surface area contributed by atoms with Gasteiger partial charge in [0.2, 0.25) is 5.91 Å². The van der Waals surface area contributed by atoms with Crippen molar-refractivity contribution >= 4 is 17.3 Å². The average molecular weight is 220 g/mol. The molecule has 3 rings (SSSR count). The number of benzene rings is 1. The van der Waals surface area contributed by atoms with Gasteiger partial charge in [0.05, 0.1) is 11.4 Å². The third-order valence-corrected chi connectivity index (χ3v) is 3.24. The molecule has 1 unspecified atom stereocenters. The minimum Gasteiger partial charge on any atom is -0.372 e. The van der Waals surface area contributed by atoms with E-state index in [0.717, 1.165) is 18.5 Å². The molecular weight excluding hydrogens is 207 g/mol. The third kappa shape index (κ3) is 1.45. The number of amides is 1. The number of carbonyl (C=O) groups is 1. The van der Waals surface area contributed by atoms with Gasteiger partial charge in [-0.25, -0.2) is 4.39 Å². The fourth-order valence-electron chi connectivity index (χ4n) is 2.11. The van der Waals surface area contributed by atoms with Crippen molar-refractivity contribution in [2.75, 3.05) is 10.6 Å². The van der Waals surface area contributed by atoms with Crippen LogP contribution in [0.5, 0.6) is 0 Å². The van der Waals surface area contributed by atoms with E-state index in [4.69, 9.17) is 0 Å². The van der Waals surface area contributed by atoms with Crippen molar-refractivity contribution in [3.63, 3.8) is 0 Å². The molecule has 0 aromatic heterocycles. The van der Waals surface area contributed by atoms with Gasteiger partial charge in [0.15, 0.2) is 0 Å². The van der Waals surface area contributed by atoms with Crippen LogP contribution in [0, 0.1) is 18.7 Å². The largest absolute Gasteiger partial charge is 0.372 e. The second-order valence-electron chi connectivity index (χ2n) is 4.60. The van der Waals surface area contributed by atoms with Crippen LogP contribution in [-0.2, 0) is 4.79 Å². The van der Waals surface area contributed by atoms with Crippen molar-refractivity contribution in [1.29, 1.82) is 0 Å². The zero-order valence-corrected chi connectivity index (χ0v) is 9.01. The van der Waals surface area contributed by atoms with Crippen molar-refractivity contribution in [3.05, 3.63) is 23.5 Å². The van der Waals surface area contributed by atoms with E-state index < -0.39 is 0 Å². The fraction of sp³-hybridized carbons (Fsp3) is 0.417. The smallest absolute Gasteiger partial charge is 0.247 e. The first-order chi connectivity index (χ1) is 7.65. The summed E-state index contributed by atoms with van der Waals surface area (Å²) in [6.07, 6.45) is 2.20. The first-order valence-corrected chi connectivity index (χ1v) is 5.52. The maximum atomic E-state index is 13.3. The maximum Gasteiger partial charge on any atom is 0.247 e. The molecule has 0 saturated heterocycles. The summed E-state index contributed by atoms with van der Waals surface area (Å²) in [5.41, 5.74) is 1.97. The van der Waals surface area contributed by atoms with Gasteiger partial charge in [0.1, 0.15) is 11.9 Å². The Kier molecular flexibility index (Phi) is 1.93. The molecule has 1 atom stereocenters. The quantitative estimate of drug-likeness (QED) is 0.762. The number of hydrogen-bond donors (Lipinski definition) is 2. The van der Waals surface area contributed by atoms with Gasteiger partial charge >= 0.3 is 0 Å². The molecule has 0 bridgehead atoms. The van der Waals surface area contributed by atoms with Gasteiger partial charge < -0.3 is 10.6 Å². The molecule has 2 N–H and O–H groups in total. The number of nitrogens with one attached hydrogen (secondary N) is 2. The zero-order valence-electron chi connectivity index (χ0n) is 9.01. The number of fused-ring (bicyclic) bond motifs is 1. The van der Waals surface area contributed by atoms with Crippen LogP contribution >= 0.6 is 0 Å². The Bertz CT molecular complexity index is 468. The summed E-state index contributed by atoms with van der Waals surface area (Å²) in [5.74, 6) is 0.113. The Morgan fingerprint density at radius 3 is 2.75 bits per heavy atom. The summed E-state index contributed by atoms with van der Waals surface area (Å²) < 4.78 is 13.3. The Labute approximate surface area is 93.0 Å². The molecule has 16 heavy (non-hydrogen) atoms. The summed E-state index contributed by atoms with van der Waals surface area (Å²) in [6, 6.07) is 2.98. The van der Waals surface area contributed by atoms with Gasteiger partial charge in [-0.1, -0.05) is 0 Å². The lowest BCUT2D eigenvalue weighted by Crippen LogP contribution is -2.40. The topological polar surface area (TPSA) is 41.1 Å². The highest BCUT2D eigenvalue weighted by Gasteiger charge is 2.38. The molecular formula is C12H13FN2O. The number of aryl methyl sites for hydroxylation is 1. The van der Waals surface area contributed by atoms with Crippen LogP contribution in [0.15, 0.2) is 12.1 Å². The van der Waals surface area contributed by atoms with E-state index in [2.05, 4.69) is 10.6 Å². The molecule has 1 aromatic carbocycles. The van der Waals surface area contributed by atoms with Crippen molar-refractivity contribution in [3.8, 4) is 0 Å². The van der Waals surface area contributed by atoms with Crippen LogP contribution < -0.4 is 10.6 Å². The molecule has 2 aliphatic rings. The summed E-state index contributed by atoms with van der Waals surface area (Å²) in [6.45, 7) is 1.72. The molecule has 4 heteroatoms. The van der Waals surface area contributed by atoms with Crippen molar-refractivity contribution < 1.29 is 9.18 Å². The van der Waals surface area contributed by atoms with E-state index in [0.29, 0.717) is 17.2 Å². The van der Waals surface area contributed by atoms with E-state index >= 15 is 0 Å². The highest BCUT2D eigenvalue weighted by atomic mass is 19.1. The monoisotopic (exact) mass is 220 g/mol. The number of carbonyl (C=O) groups excluding carboxylic acids is 1. The first-order valence-electron chi connectivity index (χ1n) is 5.52. The van der Waals surface area contributed by atoms with E-state index in [9.17, 15) is 9.18 Å². The minimum absolute atomic E-state index is 0.0433. The molecule has 0 spiro atoms. The fourth-order valence-corrected chi connectivity index (χ4v) is 2.11. The van der Waals surface area contributed by atoms with Crippen LogP contribution in [0.1, 0.15) is 18.4 Å². The second-order valence-corrected chi connectivity index (χ2v) is 4.60. The molecule has 1 aliphatic heterocycles. The maximum absolute atomic E-state index is 13.3. The highest BCUT2D eigenvalue weighted by Crippen LogP contribution is 2.39. The number of hydrogen-bond acceptors (Lipinski definition) is 2. The van der Waals surface area contributed by atoms with Crippen LogP contribution in [-0.4, -0.2) is 11.9 Å². The van der Waals surface area contributed by atoms with Crippen molar-refractivity contribution in [2.45, 2.75) is 25.8 Å². The van der Waals surface area contributed by atoms with Gasteiger partial charge in [-0.3, -0.25) is 4.79 Å². The molecule has 84 valence electrons. The lowest BCUT2D eigenvalue weighted by molar-refractivity contribution is -0.117. The molecule has 1 fully saturated rings. The zero-order chi connectivity index (χ0) is 11.3. The van der Waals surface area contributed by atoms with Gasteiger partial charge in [-0.2, -0.15) is 0 Å². The first kappa shape index (κ1) is 9.63. The lowest BCUT2D eigenvalue weighted by atomic mass is 10.1. The minimum atomic E-state index is -0.286. The van der Waals surface area contributed by atoms with Crippen LogP contribution in [0.3, 0.4) is 0 Å². The Hall–Kier alpha value is -1.58. The molecule has 1 saturated carbocycles. The normalized spacial score (nSPS) is 23.4. The van der Waals surface area contributed by atoms with E-state index in [1.165, 1.54) is 6.07 Å². The number of anilines is 2. The molecule has 0 radical (unpaired) electrons. The molecule has 1 aromatic rings. The Balaban J connectivity index is 1.98. The molecule has 1 aliphatic carbocycles. The SMILES string of the molecule is Cc1cc2c(cc1F)NC(=O)C(C1CC1)N2. The Morgan fingerprint density at radius 2 is 2.06 bits per heavy atom. The summed E-state index contributed by atoms with van der Waals surface area (Å²) in [7, 11) is 0. The van der Waals surface area contributed by atoms with Crippen LogP contribution in [0.4, 0.5) is 15.8 Å². The van der Waals surface area contributed by atoms with Gasteiger partial charge in [-0.05, 0) is 43.4 Å². The predicted octanol–water partition coefficient (Wildman–Crippen LogP) is 2.28. The highest BCUT2D eigenvalue weighted by molar-refractivity contribution is 6.03. The van der Waals surface area contributed by atoms with Gasteiger partial charge in [0, 0.05) is 0 Å². The average Bonchev–Trinajstić information content (AvgIpc) is 3.03. The molecule has 1 amide bonds. The summed E-state index contributed by atoms with van der Waals surface area (Å²) in [5, 5.41) is 5.96. The summed E-state index contributed by atoms with van der Waals surface area (Å²) in [4.78, 5) is 11.7. The Morgan fingerprint density at radius 1 is 1.31 bits per heavy atom. The summed E-state index contributed by atoms with van der Waals surface area (Å²) >= 11 is 0. The molecule has 3 nitrogen and oxygen atoms in total. The van der Waals surface area contributed by atoms with E-state index in [1.54, 1.807) is 13.0 Å². The van der Waals surface area contributed by atoms with Crippen LogP contribution in [0.2, 0.25) is 0 Å². The third-order valence-electron chi connectivity index (χ3n) is 3.24. The second kappa shape index (κ2) is 3.20. The van der Waals surface area contributed by atoms with Crippen molar-refractivity contribution in [2.24, 2.45) is 5.92 Å². The number of rotatable bonds is 1. The lowest BCUT2D eigenvalue weighted by Gasteiger charge is -2.27. The van der Waals surface area contributed by atoms with E-state index in [-0.39, 0.29) is 17.8 Å². The van der Waals surface area contributed by atoms with Gasteiger partial charge in [-0.15, -0.1) is 0 Å². The number of halogens is 1. The van der Waals surface area contributed by atoms with Crippen LogP contribution in [0.25, 0.3) is 0 Å². The van der Waals surface area contributed by atoms with Gasteiger partial charge in [0.25, 0.3) is 0 Å². The van der Waals surface area contributed by atoms with E-state index in [1.807, 2.05) is 0 Å². The molecule has 1 heterocycles. The van der Waals surface area contributed by atoms with Crippen molar-refractivity contribution in [1.82, 2.24) is 0 Å². The standard InChI is InChI=1S/C12H13FN2O/c1-6-4-9-10(5-8(6)13)15-12(16)11(14-9)7-2-3-7/h4-5,7,11,14H,2-3H2,1H3,(H,15,16). The predicted molar refractivity (Wildman–Crippen MR) is 59.9 cm³/mol.